The van der Waals surface area contributed by atoms with Gasteiger partial charge in [0.25, 0.3) is 0 Å². The Morgan fingerprint density at radius 2 is 1.83 bits per heavy atom. The van der Waals surface area contributed by atoms with Gasteiger partial charge in [0, 0.05) is 31.6 Å². The van der Waals surface area contributed by atoms with E-state index in [0.29, 0.717) is 30.1 Å². The summed E-state index contributed by atoms with van der Waals surface area (Å²) in [5, 5.41) is 0. The van der Waals surface area contributed by atoms with Gasteiger partial charge in [0.2, 0.25) is 5.91 Å². The lowest BCUT2D eigenvalue weighted by molar-refractivity contribution is -0.142. The first kappa shape index (κ1) is 26.5. The van der Waals surface area contributed by atoms with E-state index in [9.17, 15) is 22.8 Å². The van der Waals surface area contributed by atoms with Crippen molar-refractivity contribution in [2.75, 3.05) is 45.8 Å². The van der Waals surface area contributed by atoms with Crippen LogP contribution in [0.4, 0.5) is 18.9 Å². The second-order valence-electron chi connectivity index (χ2n) is 8.95. The number of hydrogen-bond donors (Lipinski definition) is 0. The summed E-state index contributed by atoms with van der Waals surface area (Å²) in [6.07, 6.45) is -4.00. The molecule has 0 saturated carbocycles. The summed E-state index contributed by atoms with van der Waals surface area (Å²) >= 11 is 0. The first-order valence-electron chi connectivity index (χ1n) is 11.4. The Labute approximate surface area is 203 Å². The van der Waals surface area contributed by atoms with E-state index in [0.717, 1.165) is 17.7 Å². The van der Waals surface area contributed by atoms with Crippen LogP contribution < -0.4 is 9.64 Å². The van der Waals surface area contributed by atoms with Gasteiger partial charge in [0.1, 0.15) is 5.75 Å². The maximum absolute atomic E-state index is 13.9. The fraction of sp³-hybridized carbons (Fsp3) is 0.462. The SMILES string of the molecule is COc1ccc(C2Cc3cc(C(F)(F)F)ccc3N(CCN(C)C)C(=O)C2CCOC(C)=O)cc1. The molecule has 1 aliphatic rings. The van der Waals surface area contributed by atoms with E-state index in [4.69, 9.17) is 9.47 Å². The molecule has 190 valence electrons. The van der Waals surface area contributed by atoms with Gasteiger partial charge >= 0.3 is 12.1 Å². The zero-order chi connectivity index (χ0) is 25.8. The summed E-state index contributed by atoms with van der Waals surface area (Å²) in [6.45, 7) is 2.21. The Bertz CT molecular complexity index is 1040. The van der Waals surface area contributed by atoms with Crippen molar-refractivity contribution in [1.29, 1.82) is 0 Å². The van der Waals surface area contributed by atoms with Crippen LogP contribution in [0.5, 0.6) is 5.75 Å². The van der Waals surface area contributed by atoms with Gasteiger partial charge in [0.15, 0.2) is 0 Å². The number of amides is 1. The van der Waals surface area contributed by atoms with E-state index < -0.39 is 29.5 Å². The molecule has 0 N–H and O–H groups in total. The molecular weight excluding hydrogens is 461 g/mol. The molecule has 9 heteroatoms. The van der Waals surface area contributed by atoms with Crippen LogP contribution in [-0.2, 0) is 26.9 Å². The number of likely N-dealkylation sites (N-methyl/N-ethyl adjacent to an activating group) is 1. The van der Waals surface area contributed by atoms with E-state index in [1.165, 1.54) is 13.0 Å². The van der Waals surface area contributed by atoms with Crippen molar-refractivity contribution in [1.82, 2.24) is 4.90 Å². The summed E-state index contributed by atoms with van der Waals surface area (Å²) in [5.74, 6) is -1.01. The van der Waals surface area contributed by atoms with E-state index >= 15 is 0 Å². The number of anilines is 1. The van der Waals surface area contributed by atoms with Gasteiger partial charge in [-0.3, -0.25) is 9.59 Å². The third-order valence-corrected chi connectivity index (χ3v) is 6.26. The highest BCUT2D eigenvalue weighted by atomic mass is 19.4. The second-order valence-corrected chi connectivity index (χ2v) is 8.95. The average molecular weight is 493 g/mol. The summed E-state index contributed by atoms with van der Waals surface area (Å²) in [5.41, 5.74) is 1.01. The number of carbonyl (C=O) groups is 2. The largest absolute Gasteiger partial charge is 0.497 e. The third kappa shape index (κ3) is 6.54. The molecule has 0 bridgehead atoms. The number of ether oxygens (including phenoxy) is 2. The van der Waals surface area contributed by atoms with Gasteiger partial charge in [-0.1, -0.05) is 12.1 Å². The zero-order valence-corrected chi connectivity index (χ0v) is 20.4. The second kappa shape index (κ2) is 11.1. The van der Waals surface area contributed by atoms with Gasteiger partial charge in [-0.05, 0) is 74.3 Å². The Balaban J connectivity index is 2.11. The molecule has 0 saturated heterocycles. The third-order valence-electron chi connectivity index (χ3n) is 6.26. The number of methoxy groups -OCH3 is 1. The Hall–Kier alpha value is -3.07. The molecule has 35 heavy (non-hydrogen) atoms. The van der Waals surface area contributed by atoms with E-state index in [1.54, 1.807) is 24.1 Å². The number of nitrogens with zero attached hydrogens (tertiary/aromatic N) is 2. The van der Waals surface area contributed by atoms with Crippen LogP contribution in [0.15, 0.2) is 42.5 Å². The maximum atomic E-state index is 13.9. The fourth-order valence-electron chi connectivity index (χ4n) is 4.45. The predicted molar refractivity (Wildman–Crippen MR) is 127 cm³/mol. The van der Waals surface area contributed by atoms with Crippen molar-refractivity contribution in [2.45, 2.75) is 31.9 Å². The monoisotopic (exact) mass is 492 g/mol. The summed E-state index contributed by atoms with van der Waals surface area (Å²) in [4.78, 5) is 28.8. The molecule has 2 atom stereocenters. The number of benzene rings is 2. The molecule has 1 heterocycles. The molecule has 2 unspecified atom stereocenters. The molecule has 0 radical (unpaired) electrons. The number of alkyl halides is 3. The first-order valence-corrected chi connectivity index (χ1v) is 11.4. The van der Waals surface area contributed by atoms with Crippen molar-refractivity contribution < 1.29 is 32.2 Å². The molecule has 0 spiro atoms. The standard InChI is InChI=1S/C26H31F3N2O4/c1-17(32)35-14-11-22-23(18-5-8-21(34-4)9-6-18)16-19-15-20(26(27,28)29)7-10-24(19)31(25(22)33)13-12-30(2)3/h5-10,15,22-23H,11-14,16H2,1-4H3. The molecule has 6 nitrogen and oxygen atoms in total. The van der Waals surface area contributed by atoms with Gasteiger partial charge in [-0.2, -0.15) is 13.2 Å². The lowest BCUT2D eigenvalue weighted by Gasteiger charge is -2.29. The van der Waals surface area contributed by atoms with Crippen LogP contribution in [0.25, 0.3) is 0 Å². The van der Waals surface area contributed by atoms with E-state index in [1.807, 2.05) is 31.1 Å². The normalized spacial score (nSPS) is 18.3. The van der Waals surface area contributed by atoms with Crippen molar-refractivity contribution >= 4 is 17.6 Å². The predicted octanol–water partition coefficient (Wildman–Crippen LogP) is 4.52. The highest BCUT2D eigenvalue weighted by molar-refractivity contribution is 5.97. The molecular formula is C26H31F3N2O4. The minimum atomic E-state index is -4.50. The van der Waals surface area contributed by atoms with Gasteiger partial charge in [-0.25, -0.2) is 0 Å². The van der Waals surface area contributed by atoms with Crippen LogP contribution in [0.3, 0.4) is 0 Å². The molecule has 1 amide bonds. The molecule has 2 aromatic carbocycles. The summed E-state index contributed by atoms with van der Waals surface area (Å²) in [6, 6.07) is 10.8. The number of carbonyl (C=O) groups excluding carboxylic acids is 2. The molecule has 3 rings (SSSR count). The highest BCUT2D eigenvalue weighted by Gasteiger charge is 2.39. The first-order chi connectivity index (χ1) is 16.5. The van der Waals surface area contributed by atoms with Gasteiger partial charge < -0.3 is 19.3 Å². The number of fused-ring (bicyclic) bond motifs is 1. The quantitative estimate of drug-likeness (QED) is 0.508. The molecule has 0 aliphatic carbocycles. The van der Waals surface area contributed by atoms with Gasteiger partial charge in [0.05, 0.1) is 19.3 Å². The van der Waals surface area contributed by atoms with Crippen molar-refractivity contribution in [3.8, 4) is 5.75 Å². The van der Waals surface area contributed by atoms with Crippen LogP contribution in [0.2, 0.25) is 0 Å². The maximum Gasteiger partial charge on any atom is 0.416 e. The fourth-order valence-corrected chi connectivity index (χ4v) is 4.45. The molecule has 0 aromatic heterocycles. The molecule has 0 fully saturated rings. The number of hydrogen-bond acceptors (Lipinski definition) is 5. The van der Waals surface area contributed by atoms with Crippen LogP contribution in [0.1, 0.15) is 36.0 Å². The minimum Gasteiger partial charge on any atom is -0.497 e. The molecule has 1 aliphatic heterocycles. The lowest BCUT2D eigenvalue weighted by atomic mass is 9.80. The van der Waals surface area contributed by atoms with Crippen LogP contribution >= 0.6 is 0 Å². The van der Waals surface area contributed by atoms with Crippen molar-refractivity contribution in [3.05, 3.63) is 59.2 Å². The summed E-state index contributed by atoms with van der Waals surface area (Å²) < 4.78 is 51.1. The lowest BCUT2D eigenvalue weighted by Crippen LogP contribution is -2.41. The average Bonchev–Trinajstić information content (AvgIpc) is 2.91. The Kier molecular flexibility index (Phi) is 8.43. The van der Waals surface area contributed by atoms with Crippen LogP contribution in [0, 0.1) is 5.92 Å². The Morgan fingerprint density at radius 1 is 1.14 bits per heavy atom. The van der Waals surface area contributed by atoms with E-state index in [-0.39, 0.29) is 25.4 Å². The number of esters is 1. The van der Waals surface area contributed by atoms with Crippen molar-refractivity contribution in [3.63, 3.8) is 0 Å². The number of halogens is 3. The van der Waals surface area contributed by atoms with Crippen LogP contribution in [-0.4, -0.2) is 57.7 Å². The van der Waals surface area contributed by atoms with E-state index in [2.05, 4.69) is 0 Å². The smallest absolute Gasteiger partial charge is 0.416 e. The minimum absolute atomic E-state index is 0.0457. The Morgan fingerprint density at radius 3 is 2.40 bits per heavy atom. The van der Waals surface area contributed by atoms with Gasteiger partial charge in [-0.15, -0.1) is 0 Å². The zero-order valence-electron chi connectivity index (χ0n) is 20.4. The topological polar surface area (TPSA) is 59.1 Å². The highest BCUT2D eigenvalue weighted by Crippen LogP contribution is 2.42. The number of rotatable bonds is 8. The molecule has 2 aromatic rings. The summed E-state index contributed by atoms with van der Waals surface area (Å²) in [7, 11) is 5.28. The van der Waals surface area contributed by atoms with Crippen molar-refractivity contribution in [2.24, 2.45) is 5.92 Å².